The van der Waals surface area contributed by atoms with Crippen molar-refractivity contribution in [3.05, 3.63) is 42.0 Å². The first kappa shape index (κ1) is 32.2. The number of benzene rings is 2. The first-order valence-corrected chi connectivity index (χ1v) is 16.2. The van der Waals surface area contributed by atoms with Crippen LogP contribution in [0.4, 0.5) is 0 Å². The van der Waals surface area contributed by atoms with Gasteiger partial charge in [0, 0.05) is 18.5 Å². The standard InChI is InChI=1S/C35H57NO2/c1-3-5-7-9-11-13-15-17-19-23-29-36(30-24-20-18-16-14-12-10-8-6-4-2)35(38)33-28-27-31-25-21-22-26-32(31)34(33)37/h21-22,25-28,37H,3-20,23-24,29-30H2,1-2H3. The van der Waals surface area contributed by atoms with Gasteiger partial charge in [0.1, 0.15) is 5.75 Å². The van der Waals surface area contributed by atoms with E-state index in [1.165, 1.54) is 116 Å². The third-order valence-corrected chi connectivity index (χ3v) is 7.98. The van der Waals surface area contributed by atoms with Gasteiger partial charge < -0.3 is 10.0 Å². The number of hydrogen-bond donors (Lipinski definition) is 1. The van der Waals surface area contributed by atoms with E-state index in [2.05, 4.69) is 13.8 Å². The molecule has 1 N–H and O–H groups in total. The molecule has 214 valence electrons. The van der Waals surface area contributed by atoms with Gasteiger partial charge in [-0.2, -0.15) is 0 Å². The molecular formula is C35H57NO2. The van der Waals surface area contributed by atoms with Crippen molar-refractivity contribution in [3.8, 4) is 5.75 Å². The summed E-state index contributed by atoms with van der Waals surface area (Å²) in [6.45, 7) is 6.12. The normalized spacial score (nSPS) is 11.3. The van der Waals surface area contributed by atoms with Gasteiger partial charge in [0.2, 0.25) is 0 Å². The zero-order valence-corrected chi connectivity index (χ0v) is 24.8. The van der Waals surface area contributed by atoms with Crippen LogP contribution in [-0.2, 0) is 0 Å². The molecule has 0 bridgehead atoms. The third kappa shape index (κ3) is 12.7. The van der Waals surface area contributed by atoms with Crippen LogP contribution in [0.2, 0.25) is 0 Å². The molecule has 0 aromatic heterocycles. The summed E-state index contributed by atoms with van der Waals surface area (Å²) in [6.07, 6.45) is 25.9. The van der Waals surface area contributed by atoms with E-state index >= 15 is 0 Å². The average Bonchev–Trinajstić information content (AvgIpc) is 2.94. The summed E-state index contributed by atoms with van der Waals surface area (Å²) in [4.78, 5) is 15.6. The Labute approximate surface area is 234 Å². The summed E-state index contributed by atoms with van der Waals surface area (Å²) in [5.41, 5.74) is 0.447. The number of nitrogens with zero attached hydrogens (tertiary/aromatic N) is 1. The Morgan fingerprint density at radius 2 is 1.00 bits per heavy atom. The highest BCUT2D eigenvalue weighted by Crippen LogP contribution is 2.29. The highest BCUT2D eigenvalue weighted by atomic mass is 16.3. The molecule has 0 aliphatic carbocycles. The minimum atomic E-state index is -0.0138. The van der Waals surface area contributed by atoms with Crippen molar-refractivity contribution in [3.63, 3.8) is 0 Å². The fourth-order valence-corrected chi connectivity index (χ4v) is 5.49. The summed E-state index contributed by atoms with van der Waals surface area (Å²) in [5.74, 6) is 0.115. The average molecular weight is 524 g/mol. The molecule has 0 atom stereocenters. The molecule has 1 amide bonds. The Hall–Kier alpha value is -2.03. The van der Waals surface area contributed by atoms with Gasteiger partial charge in [0.05, 0.1) is 5.56 Å². The SMILES string of the molecule is CCCCCCCCCCCCN(CCCCCCCCCCCC)C(=O)c1ccc2ccccc2c1O. The van der Waals surface area contributed by atoms with Crippen LogP contribution in [0, 0.1) is 0 Å². The molecule has 0 spiro atoms. The molecule has 2 aromatic rings. The lowest BCUT2D eigenvalue weighted by molar-refractivity contribution is 0.0746. The van der Waals surface area contributed by atoms with E-state index in [4.69, 9.17) is 0 Å². The fourth-order valence-electron chi connectivity index (χ4n) is 5.49. The van der Waals surface area contributed by atoms with Crippen molar-refractivity contribution in [2.45, 2.75) is 142 Å². The van der Waals surface area contributed by atoms with Crippen LogP contribution in [-0.4, -0.2) is 29.0 Å². The van der Waals surface area contributed by atoms with E-state index in [-0.39, 0.29) is 11.7 Å². The van der Waals surface area contributed by atoms with E-state index in [0.717, 1.165) is 36.7 Å². The molecule has 0 aliphatic heterocycles. The molecule has 3 nitrogen and oxygen atoms in total. The zero-order valence-electron chi connectivity index (χ0n) is 24.8. The minimum Gasteiger partial charge on any atom is -0.506 e. The van der Waals surface area contributed by atoms with Crippen LogP contribution in [0.15, 0.2) is 36.4 Å². The van der Waals surface area contributed by atoms with Crippen molar-refractivity contribution >= 4 is 16.7 Å². The van der Waals surface area contributed by atoms with Gasteiger partial charge >= 0.3 is 0 Å². The topological polar surface area (TPSA) is 40.5 Å². The number of hydrogen-bond acceptors (Lipinski definition) is 2. The Morgan fingerprint density at radius 1 is 0.579 bits per heavy atom. The summed E-state index contributed by atoms with van der Waals surface area (Å²) in [6, 6.07) is 11.5. The van der Waals surface area contributed by atoms with E-state index in [0.29, 0.717) is 5.56 Å². The van der Waals surface area contributed by atoms with E-state index in [9.17, 15) is 9.90 Å². The Kier molecular flexibility index (Phi) is 17.7. The smallest absolute Gasteiger partial charge is 0.257 e. The predicted molar refractivity (Wildman–Crippen MR) is 165 cm³/mol. The maximum atomic E-state index is 13.6. The molecule has 38 heavy (non-hydrogen) atoms. The van der Waals surface area contributed by atoms with E-state index in [1.54, 1.807) is 0 Å². The van der Waals surface area contributed by atoms with Crippen LogP contribution in [0.25, 0.3) is 10.8 Å². The number of rotatable bonds is 23. The Balaban J connectivity index is 1.80. The Morgan fingerprint density at radius 3 is 1.47 bits per heavy atom. The van der Waals surface area contributed by atoms with Crippen LogP contribution < -0.4 is 0 Å². The summed E-state index contributed by atoms with van der Waals surface area (Å²) >= 11 is 0. The molecule has 0 saturated carbocycles. The second-order valence-electron chi connectivity index (χ2n) is 11.3. The number of phenols is 1. The first-order chi connectivity index (χ1) is 18.7. The quantitative estimate of drug-likeness (QED) is 0.147. The van der Waals surface area contributed by atoms with Crippen LogP contribution in [0.1, 0.15) is 153 Å². The van der Waals surface area contributed by atoms with Gasteiger partial charge in [-0.05, 0) is 24.3 Å². The summed E-state index contributed by atoms with van der Waals surface area (Å²) in [5, 5.41) is 12.6. The number of unbranched alkanes of at least 4 members (excludes halogenated alkanes) is 18. The summed E-state index contributed by atoms with van der Waals surface area (Å²) in [7, 11) is 0. The van der Waals surface area contributed by atoms with Crippen LogP contribution in [0.5, 0.6) is 5.75 Å². The van der Waals surface area contributed by atoms with Crippen molar-refractivity contribution in [2.75, 3.05) is 13.1 Å². The molecule has 3 heteroatoms. The lowest BCUT2D eigenvalue weighted by Gasteiger charge is -2.24. The van der Waals surface area contributed by atoms with Gasteiger partial charge in [-0.3, -0.25) is 4.79 Å². The fraction of sp³-hybridized carbons (Fsp3) is 0.686. The lowest BCUT2D eigenvalue weighted by Crippen LogP contribution is -2.33. The molecule has 0 fully saturated rings. The first-order valence-electron chi connectivity index (χ1n) is 16.2. The van der Waals surface area contributed by atoms with Gasteiger partial charge in [-0.15, -0.1) is 0 Å². The lowest BCUT2D eigenvalue weighted by atomic mass is 10.0. The highest BCUT2D eigenvalue weighted by Gasteiger charge is 2.20. The number of fused-ring (bicyclic) bond motifs is 1. The van der Waals surface area contributed by atoms with Gasteiger partial charge in [0.25, 0.3) is 5.91 Å². The molecule has 0 saturated heterocycles. The van der Waals surface area contributed by atoms with E-state index < -0.39 is 0 Å². The maximum Gasteiger partial charge on any atom is 0.257 e. The second-order valence-corrected chi connectivity index (χ2v) is 11.3. The van der Waals surface area contributed by atoms with E-state index in [1.807, 2.05) is 41.3 Å². The number of carbonyl (C=O) groups excluding carboxylic acids is 1. The minimum absolute atomic E-state index is 0.0138. The molecule has 0 heterocycles. The molecule has 0 radical (unpaired) electrons. The zero-order chi connectivity index (χ0) is 27.3. The molecule has 0 aliphatic rings. The monoisotopic (exact) mass is 523 g/mol. The predicted octanol–water partition coefficient (Wildman–Crippen LogP) is 10.8. The van der Waals surface area contributed by atoms with Gasteiger partial charge in [-0.25, -0.2) is 0 Å². The molecule has 2 rings (SSSR count). The molecule has 0 unspecified atom stereocenters. The number of carbonyl (C=O) groups is 1. The highest BCUT2D eigenvalue weighted by molar-refractivity contribution is 6.03. The molecule has 2 aromatic carbocycles. The maximum absolute atomic E-state index is 13.6. The largest absolute Gasteiger partial charge is 0.506 e. The Bertz CT molecular complexity index is 853. The van der Waals surface area contributed by atoms with Crippen LogP contribution >= 0.6 is 0 Å². The second kappa shape index (κ2) is 20.9. The number of aromatic hydroxyl groups is 1. The van der Waals surface area contributed by atoms with Crippen molar-refractivity contribution in [2.24, 2.45) is 0 Å². The van der Waals surface area contributed by atoms with Gasteiger partial charge in [0.15, 0.2) is 0 Å². The van der Waals surface area contributed by atoms with Crippen molar-refractivity contribution in [1.29, 1.82) is 0 Å². The van der Waals surface area contributed by atoms with Gasteiger partial charge in [-0.1, -0.05) is 160 Å². The summed E-state index contributed by atoms with van der Waals surface area (Å²) < 4.78 is 0. The third-order valence-electron chi connectivity index (χ3n) is 7.98. The number of phenolic OH excluding ortho intramolecular Hbond substituents is 1. The van der Waals surface area contributed by atoms with Crippen molar-refractivity contribution < 1.29 is 9.90 Å². The van der Waals surface area contributed by atoms with Crippen molar-refractivity contribution in [1.82, 2.24) is 4.90 Å². The van der Waals surface area contributed by atoms with Crippen LogP contribution in [0.3, 0.4) is 0 Å². The molecular weight excluding hydrogens is 466 g/mol. The number of amides is 1.